The molecule has 0 radical (unpaired) electrons. The molecule has 9 heteroatoms. The number of likely N-dealkylation sites (tertiary alicyclic amines) is 1. The van der Waals surface area contributed by atoms with Crippen molar-refractivity contribution in [3.05, 3.63) is 28.5 Å². The van der Waals surface area contributed by atoms with Crippen molar-refractivity contribution in [1.82, 2.24) is 9.88 Å². The van der Waals surface area contributed by atoms with Gasteiger partial charge in [-0.2, -0.15) is 13.2 Å². The summed E-state index contributed by atoms with van der Waals surface area (Å²) < 4.78 is 39.3. The zero-order chi connectivity index (χ0) is 15.8. The average Bonchev–Trinajstić information content (AvgIpc) is 2.84. The SMILES string of the molecule is O=C(c1cccnc1Br)N1CCC(C(=O)O)(C(F)(F)F)C1. The highest BCUT2D eigenvalue weighted by atomic mass is 79.9. The number of amides is 1. The molecular formula is C12H10BrF3N2O3. The van der Waals surface area contributed by atoms with Crippen molar-refractivity contribution in [2.45, 2.75) is 12.6 Å². The zero-order valence-electron chi connectivity index (χ0n) is 10.5. The Kier molecular flexibility index (Phi) is 3.96. The summed E-state index contributed by atoms with van der Waals surface area (Å²) in [7, 11) is 0. The molecule has 0 bridgehead atoms. The number of alkyl halides is 3. The Hall–Kier alpha value is -1.64. The van der Waals surface area contributed by atoms with Gasteiger partial charge in [0, 0.05) is 19.3 Å². The third-order valence-corrected chi connectivity index (χ3v) is 4.13. The number of carbonyl (C=O) groups excluding carboxylic acids is 1. The van der Waals surface area contributed by atoms with Crippen LogP contribution in [0.1, 0.15) is 16.8 Å². The Morgan fingerprint density at radius 1 is 1.43 bits per heavy atom. The second-order valence-electron chi connectivity index (χ2n) is 4.70. The van der Waals surface area contributed by atoms with Gasteiger partial charge in [-0.05, 0) is 34.5 Å². The van der Waals surface area contributed by atoms with Gasteiger partial charge in [-0.3, -0.25) is 9.59 Å². The number of hydrogen-bond donors (Lipinski definition) is 1. The van der Waals surface area contributed by atoms with E-state index < -0.39 is 36.4 Å². The normalized spacial score (nSPS) is 22.4. The van der Waals surface area contributed by atoms with E-state index in [1.165, 1.54) is 18.3 Å². The summed E-state index contributed by atoms with van der Waals surface area (Å²) in [6, 6.07) is 2.88. The van der Waals surface area contributed by atoms with E-state index in [-0.39, 0.29) is 16.7 Å². The van der Waals surface area contributed by atoms with Gasteiger partial charge in [0.15, 0.2) is 5.41 Å². The van der Waals surface area contributed by atoms with E-state index in [2.05, 4.69) is 20.9 Å². The van der Waals surface area contributed by atoms with Gasteiger partial charge in [-0.25, -0.2) is 4.98 Å². The topological polar surface area (TPSA) is 70.5 Å². The monoisotopic (exact) mass is 366 g/mol. The maximum absolute atomic E-state index is 13.0. The summed E-state index contributed by atoms with van der Waals surface area (Å²) in [6.45, 7) is -1.17. The van der Waals surface area contributed by atoms with E-state index in [1.54, 1.807) is 0 Å². The van der Waals surface area contributed by atoms with E-state index in [9.17, 15) is 22.8 Å². The fourth-order valence-corrected chi connectivity index (χ4v) is 2.65. The molecule has 0 aliphatic carbocycles. The van der Waals surface area contributed by atoms with E-state index in [1.807, 2.05) is 0 Å². The molecule has 5 nitrogen and oxygen atoms in total. The van der Waals surface area contributed by atoms with Crippen molar-refractivity contribution in [3.63, 3.8) is 0 Å². The molecule has 0 aromatic carbocycles. The van der Waals surface area contributed by atoms with Crippen LogP contribution in [0.5, 0.6) is 0 Å². The van der Waals surface area contributed by atoms with Crippen molar-refractivity contribution < 1.29 is 27.9 Å². The largest absolute Gasteiger partial charge is 0.481 e. The molecule has 2 heterocycles. The second kappa shape index (κ2) is 5.28. The first-order valence-corrected chi connectivity index (χ1v) is 6.68. The first-order chi connectivity index (χ1) is 9.69. The minimum atomic E-state index is -4.92. The highest BCUT2D eigenvalue weighted by Crippen LogP contribution is 2.46. The first-order valence-electron chi connectivity index (χ1n) is 5.89. The number of pyridine rings is 1. The summed E-state index contributed by atoms with van der Waals surface area (Å²) in [4.78, 5) is 28.0. The number of carboxylic acids is 1. The van der Waals surface area contributed by atoms with E-state index in [0.29, 0.717) is 0 Å². The molecule has 1 aliphatic heterocycles. The van der Waals surface area contributed by atoms with Gasteiger partial charge in [0.2, 0.25) is 0 Å². The van der Waals surface area contributed by atoms with Crippen molar-refractivity contribution in [1.29, 1.82) is 0 Å². The number of hydrogen-bond acceptors (Lipinski definition) is 3. The van der Waals surface area contributed by atoms with E-state index >= 15 is 0 Å². The summed E-state index contributed by atoms with van der Waals surface area (Å²) >= 11 is 3.04. The third kappa shape index (κ3) is 2.61. The molecule has 1 saturated heterocycles. The summed E-state index contributed by atoms with van der Waals surface area (Å²) in [5.41, 5.74) is -2.81. The van der Waals surface area contributed by atoms with Crippen LogP contribution in [0.15, 0.2) is 22.9 Å². The Labute approximate surface area is 125 Å². The number of rotatable bonds is 2. The number of carboxylic acid groups (broad SMARTS) is 1. The van der Waals surface area contributed by atoms with Crippen LogP contribution in [0.3, 0.4) is 0 Å². The highest BCUT2D eigenvalue weighted by Gasteiger charge is 2.64. The van der Waals surface area contributed by atoms with Gasteiger partial charge in [-0.1, -0.05) is 0 Å². The molecule has 1 N–H and O–H groups in total. The zero-order valence-corrected chi connectivity index (χ0v) is 12.1. The van der Waals surface area contributed by atoms with Crippen LogP contribution >= 0.6 is 15.9 Å². The van der Waals surface area contributed by atoms with Gasteiger partial charge in [0.25, 0.3) is 5.91 Å². The van der Waals surface area contributed by atoms with Crippen molar-refractivity contribution in [3.8, 4) is 0 Å². The van der Waals surface area contributed by atoms with Crippen LogP contribution in [0.25, 0.3) is 0 Å². The summed E-state index contributed by atoms with van der Waals surface area (Å²) in [6.07, 6.45) is -4.16. The van der Waals surface area contributed by atoms with Crippen LogP contribution in [-0.4, -0.2) is 46.1 Å². The number of aromatic nitrogens is 1. The first kappa shape index (κ1) is 15.7. The predicted octanol–water partition coefficient (Wildman–Crippen LogP) is 2.32. The Balaban J connectivity index is 2.28. The van der Waals surface area contributed by atoms with Crippen molar-refractivity contribution in [2.75, 3.05) is 13.1 Å². The maximum atomic E-state index is 13.0. The van der Waals surface area contributed by atoms with Crippen LogP contribution < -0.4 is 0 Å². The molecule has 1 aromatic heterocycles. The number of aliphatic carboxylic acids is 1. The maximum Gasteiger partial charge on any atom is 0.406 e. The van der Waals surface area contributed by atoms with Gasteiger partial charge in [-0.15, -0.1) is 0 Å². The fourth-order valence-electron chi connectivity index (χ4n) is 2.23. The second-order valence-corrected chi connectivity index (χ2v) is 5.45. The molecule has 1 aromatic rings. The third-order valence-electron chi connectivity index (χ3n) is 3.50. The Morgan fingerprint density at radius 2 is 2.10 bits per heavy atom. The van der Waals surface area contributed by atoms with Crippen molar-refractivity contribution in [2.24, 2.45) is 5.41 Å². The van der Waals surface area contributed by atoms with Crippen molar-refractivity contribution >= 4 is 27.8 Å². The minimum Gasteiger partial charge on any atom is -0.481 e. The molecule has 1 aliphatic rings. The molecule has 0 saturated carbocycles. The lowest BCUT2D eigenvalue weighted by atomic mass is 9.86. The number of halogens is 4. The van der Waals surface area contributed by atoms with Gasteiger partial charge < -0.3 is 10.0 Å². The molecule has 114 valence electrons. The van der Waals surface area contributed by atoms with Crippen LogP contribution in [0.4, 0.5) is 13.2 Å². The molecule has 21 heavy (non-hydrogen) atoms. The number of nitrogens with zero attached hydrogens (tertiary/aromatic N) is 2. The quantitative estimate of drug-likeness (QED) is 0.815. The van der Waals surface area contributed by atoms with Gasteiger partial charge >= 0.3 is 12.1 Å². The fraction of sp³-hybridized carbons (Fsp3) is 0.417. The van der Waals surface area contributed by atoms with Gasteiger partial charge in [0.1, 0.15) is 4.60 Å². The molecular weight excluding hydrogens is 357 g/mol. The Bertz CT molecular complexity index is 593. The van der Waals surface area contributed by atoms with E-state index in [0.717, 1.165) is 4.90 Å². The smallest absolute Gasteiger partial charge is 0.406 e. The average molecular weight is 367 g/mol. The highest BCUT2D eigenvalue weighted by molar-refractivity contribution is 9.10. The number of carbonyl (C=O) groups is 2. The minimum absolute atomic E-state index is 0.0980. The summed E-state index contributed by atoms with van der Waals surface area (Å²) in [5.74, 6) is -2.64. The van der Waals surface area contributed by atoms with E-state index in [4.69, 9.17) is 5.11 Å². The predicted molar refractivity (Wildman–Crippen MR) is 68.6 cm³/mol. The van der Waals surface area contributed by atoms with Crippen LogP contribution in [-0.2, 0) is 4.79 Å². The Morgan fingerprint density at radius 3 is 2.57 bits per heavy atom. The molecule has 0 spiro atoms. The van der Waals surface area contributed by atoms with Crippen LogP contribution in [0, 0.1) is 5.41 Å². The molecule has 1 fully saturated rings. The molecule has 2 rings (SSSR count). The standard InChI is InChI=1S/C12H10BrF3N2O3/c13-8-7(2-1-4-17-8)9(19)18-5-3-11(6-18,10(20)21)12(14,15)16/h1-2,4H,3,5-6H2,(H,20,21). The molecule has 1 atom stereocenters. The van der Waals surface area contributed by atoms with Crippen LogP contribution in [0.2, 0.25) is 0 Å². The molecule has 1 amide bonds. The van der Waals surface area contributed by atoms with Gasteiger partial charge in [0.05, 0.1) is 5.56 Å². The molecule has 1 unspecified atom stereocenters. The summed E-state index contributed by atoms with van der Waals surface area (Å²) in [5, 5.41) is 8.94. The lowest BCUT2D eigenvalue weighted by molar-refractivity contribution is -0.227. The lowest BCUT2D eigenvalue weighted by Gasteiger charge is -2.27. The lowest BCUT2D eigenvalue weighted by Crippen LogP contribution is -2.47.